The number of rotatable bonds is 5. The number of piperazine rings is 1. The lowest BCUT2D eigenvalue weighted by Crippen LogP contribution is -2.45. The van der Waals surface area contributed by atoms with Crippen LogP contribution < -0.4 is 16.1 Å². The quantitative estimate of drug-likeness (QED) is 0.448. The summed E-state index contributed by atoms with van der Waals surface area (Å²) in [5.74, 6) is 1.39. The molecule has 1 aliphatic rings. The van der Waals surface area contributed by atoms with Crippen molar-refractivity contribution in [1.82, 2.24) is 10.3 Å². The van der Waals surface area contributed by atoms with Crippen molar-refractivity contribution >= 4 is 29.2 Å². The number of nitrogens with two attached hydrogens (primary N) is 1. The van der Waals surface area contributed by atoms with Gasteiger partial charge in [-0.05, 0) is 48.6 Å². The van der Waals surface area contributed by atoms with Crippen LogP contribution in [0.25, 0.3) is 0 Å². The van der Waals surface area contributed by atoms with Crippen molar-refractivity contribution in [3.05, 3.63) is 53.5 Å². The molecule has 150 valence electrons. The molecule has 28 heavy (non-hydrogen) atoms. The maximum absolute atomic E-state index is 12.7. The zero-order valence-electron chi connectivity index (χ0n) is 14.9. The summed E-state index contributed by atoms with van der Waals surface area (Å²) in [6, 6.07) is 8.98. The highest BCUT2D eigenvalue weighted by Gasteiger charge is 2.30. The highest BCUT2D eigenvalue weighted by Crippen LogP contribution is 2.30. The van der Waals surface area contributed by atoms with Gasteiger partial charge in [0.25, 0.3) is 0 Å². The summed E-state index contributed by atoms with van der Waals surface area (Å²) < 4.78 is 43.7. The minimum absolute atomic E-state index is 0.0777. The molecular weight excluding hydrogens is 391 g/mol. The zero-order chi connectivity index (χ0) is 20.1. The molecule has 1 aromatic heterocycles. The van der Waals surface area contributed by atoms with E-state index in [4.69, 9.17) is 10.2 Å². The Kier molecular flexibility index (Phi) is 6.20. The Balaban J connectivity index is 1.50. The first-order valence-electron chi connectivity index (χ1n) is 8.63. The Morgan fingerprint density at radius 1 is 1.14 bits per heavy atom. The molecule has 1 aliphatic heterocycles. The largest absolute Gasteiger partial charge is 0.459 e. The minimum Gasteiger partial charge on any atom is -0.459 e. The number of nitrogens with one attached hydrogen (secondary N) is 1. The monoisotopic (exact) mass is 411 g/mol. The number of hydrazone groups is 1. The van der Waals surface area contributed by atoms with E-state index < -0.39 is 11.7 Å². The van der Waals surface area contributed by atoms with Crippen LogP contribution in [0, 0.1) is 0 Å². The fourth-order valence-electron chi connectivity index (χ4n) is 2.95. The third kappa shape index (κ3) is 5.46. The number of furan rings is 1. The van der Waals surface area contributed by atoms with Crippen LogP contribution in [-0.4, -0.2) is 42.4 Å². The molecule has 3 rings (SSSR count). The minimum atomic E-state index is -4.31. The molecule has 1 fully saturated rings. The van der Waals surface area contributed by atoms with E-state index in [0.29, 0.717) is 12.3 Å². The second kappa shape index (κ2) is 8.61. The highest BCUT2D eigenvalue weighted by molar-refractivity contribution is 7.80. The van der Waals surface area contributed by atoms with Gasteiger partial charge in [-0.1, -0.05) is 0 Å². The highest BCUT2D eigenvalue weighted by atomic mass is 32.1. The molecule has 2 aromatic rings. The van der Waals surface area contributed by atoms with Gasteiger partial charge in [-0.25, -0.2) is 0 Å². The zero-order valence-corrected chi connectivity index (χ0v) is 15.8. The molecular formula is C18H20F3N5OS. The van der Waals surface area contributed by atoms with Gasteiger partial charge in [0, 0.05) is 31.9 Å². The Morgan fingerprint density at radius 2 is 1.82 bits per heavy atom. The predicted molar refractivity (Wildman–Crippen MR) is 105 cm³/mol. The summed E-state index contributed by atoms with van der Waals surface area (Å²) in [6.45, 7) is 3.69. The first-order chi connectivity index (χ1) is 13.3. The molecule has 0 bridgehead atoms. The average molecular weight is 411 g/mol. The Hall–Kier alpha value is -2.59. The van der Waals surface area contributed by atoms with E-state index in [-0.39, 0.29) is 5.11 Å². The van der Waals surface area contributed by atoms with E-state index in [1.165, 1.54) is 18.3 Å². The number of nitrogens with zero attached hydrogens (tertiary/aromatic N) is 3. The van der Waals surface area contributed by atoms with E-state index in [1.54, 1.807) is 6.07 Å². The Labute approximate surface area is 165 Å². The van der Waals surface area contributed by atoms with Gasteiger partial charge in [-0.3, -0.25) is 10.3 Å². The number of halogens is 3. The standard InChI is InChI=1S/C18H20F3N5OS/c19-18(20,21)13-1-3-14(4-2-13)26-9-7-25(8-10-26)12-16-6-5-15(27-16)11-23-24-17(22)28/h1-6,11H,7-10,12H2,(H3,22,24,28)/b23-11+. The number of thiocarbonyl (C=S) groups is 1. The molecule has 3 N–H and O–H groups in total. The number of hydrogen-bond acceptors (Lipinski definition) is 5. The molecule has 1 saturated heterocycles. The molecule has 1 aromatic carbocycles. The number of alkyl halides is 3. The second-order valence-corrected chi connectivity index (χ2v) is 6.79. The van der Waals surface area contributed by atoms with E-state index in [1.807, 2.05) is 6.07 Å². The van der Waals surface area contributed by atoms with Gasteiger partial charge >= 0.3 is 6.18 Å². The molecule has 0 radical (unpaired) electrons. The maximum Gasteiger partial charge on any atom is 0.416 e. The lowest BCUT2D eigenvalue weighted by atomic mass is 10.1. The van der Waals surface area contributed by atoms with Crippen molar-refractivity contribution in [2.24, 2.45) is 10.8 Å². The molecule has 10 heteroatoms. The third-order valence-electron chi connectivity index (χ3n) is 4.36. The number of benzene rings is 1. The average Bonchev–Trinajstić information content (AvgIpc) is 3.09. The van der Waals surface area contributed by atoms with Gasteiger partial charge in [0.15, 0.2) is 5.11 Å². The van der Waals surface area contributed by atoms with E-state index >= 15 is 0 Å². The summed E-state index contributed by atoms with van der Waals surface area (Å²) in [5.41, 5.74) is 7.91. The lowest BCUT2D eigenvalue weighted by Gasteiger charge is -2.35. The van der Waals surface area contributed by atoms with Gasteiger partial charge in [0.1, 0.15) is 11.5 Å². The molecule has 0 spiro atoms. The van der Waals surface area contributed by atoms with Crippen LogP contribution in [0.4, 0.5) is 18.9 Å². The second-order valence-electron chi connectivity index (χ2n) is 6.35. The lowest BCUT2D eigenvalue weighted by molar-refractivity contribution is -0.137. The van der Waals surface area contributed by atoms with Crippen LogP contribution in [0.5, 0.6) is 0 Å². The smallest absolute Gasteiger partial charge is 0.416 e. The van der Waals surface area contributed by atoms with Crippen LogP contribution in [0.3, 0.4) is 0 Å². The molecule has 0 amide bonds. The van der Waals surface area contributed by atoms with Crippen molar-refractivity contribution in [2.45, 2.75) is 12.7 Å². The van der Waals surface area contributed by atoms with E-state index in [9.17, 15) is 13.2 Å². The third-order valence-corrected chi connectivity index (χ3v) is 4.45. The summed E-state index contributed by atoms with van der Waals surface area (Å²) in [5, 5.41) is 3.92. The van der Waals surface area contributed by atoms with Gasteiger partial charge in [-0.15, -0.1) is 0 Å². The van der Waals surface area contributed by atoms with Crippen molar-refractivity contribution < 1.29 is 17.6 Å². The molecule has 2 heterocycles. The Morgan fingerprint density at radius 3 is 2.43 bits per heavy atom. The van der Waals surface area contributed by atoms with Gasteiger partial charge in [-0.2, -0.15) is 18.3 Å². The van der Waals surface area contributed by atoms with Crippen LogP contribution in [0.15, 0.2) is 45.9 Å². The Bertz CT molecular complexity index is 826. The molecule has 0 atom stereocenters. The first-order valence-corrected chi connectivity index (χ1v) is 9.04. The van der Waals surface area contributed by atoms with Crippen LogP contribution in [-0.2, 0) is 12.7 Å². The number of anilines is 1. The van der Waals surface area contributed by atoms with Crippen LogP contribution >= 0.6 is 12.2 Å². The van der Waals surface area contributed by atoms with Crippen molar-refractivity contribution in [3.63, 3.8) is 0 Å². The van der Waals surface area contributed by atoms with Crippen LogP contribution in [0.2, 0.25) is 0 Å². The molecule has 6 nitrogen and oxygen atoms in total. The van der Waals surface area contributed by atoms with Gasteiger partial charge in [0.2, 0.25) is 0 Å². The summed E-state index contributed by atoms with van der Waals surface area (Å²) in [4.78, 5) is 4.31. The van der Waals surface area contributed by atoms with Crippen molar-refractivity contribution in [1.29, 1.82) is 0 Å². The van der Waals surface area contributed by atoms with Crippen LogP contribution in [0.1, 0.15) is 17.1 Å². The normalized spacial score (nSPS) is 15.9. The summed E-state index contributed by atoms with van der Waals surface area (Å²) >= 11 is 4.65. The number of hydrogen-bond donors (Lipinski definition) is 2. The topological polar surface area (TPSA) is 70.0 Å². The predicted octanol–water partition coefficient (Wildman–Crippen LogP) is 2.79. The molecule has 0 aliphatic carbocycles. The fraction of sp³-hybridized carbons (Fsp3) is 0.333. The van der Waals surface area contributed by atoms with Crippen molar-refractivity contribution in [2.75, 3.05) is 31.1 Å². The SMILES string of the molecule is NC(=S)N/N=C/c1ccc(CN2CCN(c3ccc(C(F)(F)F)cc3)CC2)o1. The molecule has 0 unspecified atom stereocenters. The van der Waals surface area contributed by atoms with E-state index in [2.05, 4.69) is 32.5 Å². The van der Waals surface area contributed by atoms with Crippen molar-refractivity contribution in [3.8, 4) is 0 Å². The summed E-state index contributed by atoms with van der Waals surface area (Å²) in [7, 11) is 0. The van der Waals surface area contributed by atoms with Gasteiger partial charge in [0.05, 0.1) is 18.3 Å². The maximum atomic E-state index is 12.7. The van der Waals surface area contributed by atoms with Gasteiger partial charge < -0.3 is 15.1 Å². The fourth-order valence-corrected chi connectivity index (χ4v) is 3.01. The first kappa shape index (κ1) is 20.2. The summed E-state index contributed by atoms with van der Waals surface area (Å²) in [6.07, 6.45) is -2.82. The van der Waals surface area contributed by atoms with E-state index in [0.717, 1.165) is 49.8 Å². The molecule has 0 saturated carbocycles.